The number of fused-ring (bicyclic) bond motifs is 1. The van der Waals surface area contributed by atoms with Crippen LogP contribution < -0.4 is 14.9 Å². The zero-order valence-electron chi connectivity index (χ0n) is 22.9. The summed E-state index contributed by atoms with van der Waals surface area (Å²) in [5.74, 6) is -1.46. The number of aromatic carboxylic acids is 1. The summed E-state index contributed by atoms with van der Waals surface area (Å²) >= 11 is 0. The molecule has 210 valence electrons. The maximum Gasteiger partial charge on any atom is 0.461 e. The van der Waals surface area contributed by atoms with Crippen molar-refractivity contribution in [3.63, 3.8) is 0 Å². The van der Waals surface area contributed by atoms with Gasteiger partial charge in [-0.25, -0.2) is 13.8 Å². The van der Waals surface area contributed by atoms with E-state index in [9.17, 15) is 19.3 Å². The number of nitrogens with zero attached hydrogens (tertiary/aromatic N) is 3. The van der Waals surface area contributed by atoms with E-state index in [4.69, 9.17) is 9.05 Å². The Labute approximate surface area is 227 Å². The Kier molecular flexibility index (Phi) is 8.49. The Morgan fingerprint density at radius 3 is 2.38 bits per heavy atom. The van der Waals surface area contributed by atoms with Gasteiger partial charge in [-0.1, -0.05) is 32.0 Å². The molecule has 11 heteroatoms. The summed E-state index contributed by atoms with van der Waals surface area (Å²) in [6.07, 6.45) is 3.11. The molecular formula is C28H35FN3O6P. The predicted octanol–water partition coefficient (Wildman–Crippen LogP) is 5.85. The van der Waals surface area contributed by atoms with Gasteiger partial charge in [0.05, 0.1) is 16.6 Å². The van der Waals surface area contributed by atoms with Crippen LogP contribution in [0.2, 0.25) is 0 Å². The first-order valence-corrected chi connectivity index (χ1v) is 14.7. The molecule has 0 radical (unpaired) electrons. The van der Waals surface area contributed by atoms with Crippen LogP contribution >= 0.6 is 7.75 Å². The highest BCUT2D eigenvalue weighted by Gasteiger charge is 2.41. The second kappa shape index (κ2) is 11.5. The van der Waals surface area contributed by atoms with Gasteiger partial charge in [-0.05, 0) is 44.9 Å². The van der Waals surface area contributed by atoms with Gasteiger partial charge in [0.25, 0.3) is 0 Å². The number of hydrogen-bond donors (Lipinski definition) is 1. The Balaban J connectivity index is 0.00000172. The smallest absolute Gasteiger partial charge is 0.461 e. The Morgan fingerprint density at radius 1 is 1.15 bits per heavy atom. The van der Waals surface area contributed by atoms with Crippen molar-refractivity contribution in [2.24, 2.45) is 0 Å². The lowest BCUT2D eigenvalue weighted by Crippen LogP contribution is -2.51. The molecule has 9 nitrogen and oxygen atoms in total. The minimum absolute atomic E-state index is 0.0809. The zero-order valence-corrected chi connectivity index (χ0v) is 23.8. The number of halogens is 1. The molecule has 2 heterocycles. The van der Waals surface area contributed by atoms with Crippen molar-refractivity contribution in [1.29, 1.82) is 0 Å². The van der Waals surface area contributed by atoms with E-state index in [2.05, 4.69) is 0 Å². The minimum Gasteiger partial charge on any atom is -0.477 e. The van der Waals surface area contributed by atoms with E-state index in [-0.39, 0.29) is 28.6 Å². The molecule has 1 saturated carbocycles. The molecule has 1 aliphatic heterocycles. The summed E-state index contributed by atoms with van der Waals surface area (Å²) in [4.78, 5) is 26.5. The van der Waals surface area contributed by atoms with Crippen molar-refractivity contribution in [3.8, 4) is 5.75 Å². The van der Waals surface area contributed by atoms with Crippen LogP contribution in [0.1, 0.15) is 55.6 Å². The van der Waals surface area contributed by atoms with Crippen molar-refractivity contribution < 1.29 is 27.9 Å². The second-order valence-corrected chi connectivity index (χ2v) is 11.6. The molecule has 5 rings (SSSR count). The van der Waals surface area contributed by atoms with E-state index >= 15 is 4.39 Å². The fourth-order valence-electron chi connectivity index (χ4n) is 5.03. The molecule has 2 aromatic carbocycles. The largest absolute Gasteiger partial charge is 0.477 e. The number of benzene rings is 2. The molecule has 2 aliphatic rings. The summed E-state index contributed by atoms with van der Waals surface area (Å²) in [5.41, 5.74) is -0.0635. The topological polar surface area (TPSA) is 101 Å². The second-order valence-electron chi connectivity index (χ2n) is 9.56. The van der Waals surface area contributed by atoms with E-state index in [0.29, 0.717) is 36.6 Å². The van der Waals surface area contributed by atoms with Crippen molar-refractivity contribution in [1.82, 2.24) is 9.24 Å². The number of carbonyl (C=O) groups is 1. The van der Waals surface area contributed by atoms with E-state index in [1.807, 2.05) is 31.7 Å². The first-order valence-electron chi connectivity index (χ1n) is 13.2. The number of para-hydroxylation sites is 1. The number of rotatable bonds is 7. The van der Waals surface area contributed by atoms with Gasteiger partial charge >= 0.3 is 13.7 Å². The molecule has 1 aliphatic carbocycles. The third-order valence-corrected chi connectivity index (χ3v) is 9.22. The van der Waals surface area contributed by atoms with Gasteiger partial charge in [0.1, 0.15) is 17.1 Å². The van der Waals surface area contributed by atoms with Crippen LogP contribution in [0, 0.1) is 12.7 Å². The molecule has 1 aromatic heterocycles. The molecular weight excluding hydrogens is 524 g/mol. The van der Waals surface area contributed by atoms with Gasteiger partial charge in [-0.3, -0.25) is 9.32 Å². The molecule has 39 heavy (non-hydrogen) atoms. The monoisotopic (exact) mass is 559 g/mol. The number of pyridine rings is 1. The van der Waals surface area contributed by atoms with Gasteiger partial charge in [0.15, 0.2) is 0 Å². The fourth-order valence-corrected chi connectivity index (χ4v) is 6.70. The van der Waals surface area contributed by atoms with E-state index in [1.54, 1.807) is 39.6 Å². The molecule has 0 amide bonds. The first-order chi connectivity index (χ1) is 18.6. The first kappa shape index (κ1) is 28.8. The Hall–Kier alpha value is -3.20. The molecule has 2 fully saturated rings. The van der Waals surface area contributed by atoms with Gasteiger partial charge in [0.2, 0.25) is 5.43 Å². The molecule has 1 N–H and O–H groups in total. The lowest BCUT2D eigenvalue weighted by molar-refractivity contribution is 0.0694. The number of aromatic nitrogens is 1. The van der Waals surface area contributed by atoms with Crippen LogP contribution in [0.3, 0.4) is 0 Å². The highest BCUT2D eigenvalue weighted by molar-refractivity contribution is 7.51. The van der Waals surface area contributed by atoms with E-state index in [0.717, 1.165) is 12.8 Å². The predicted molar refractivity (Wildman–Crippen MR) is 150 cm³/mol. The highest BCUT2D eigenvalue weighted by atomic mass is 31.2. The quantitative estimate of drug-likeness (QED) is 0.360. The van der Waals surface area contributed by atoms with Crippen molar-refractivity contribution in [3.05, 3.63) is 69.8 Å². The van der Waals surface area contributed by atoms with Gasteiger partial charge in [-0.15, -0.1) is 0 Å². The summed E-state index contributed by atoms with van der Waals surface area (Å²) in [7, 11) is -2.31. The van der Waals surface area contributed by atoms with Crippen LogP contribution in [-0.4, -0.2) is 53.1 Å². The van der Waals surface area contributed by atoms with Gasteiger partial charge < -0.3 is 19.1 Å². The Morgan fingerprint density at radius 2 is 1.82 bits per heavy atom. The van der Waals surface area contributed by atoms with Crippen LogP contribution in [0.5, 0.6) is 5.75 Å². The van der Waals surface area contributed by atoms with Crippen molar-refractivity contribution in [2.45, 2.75) is 52.6 Å². The van der Waals surface area contributed by atoms with Crippen molar-refractivity contribution in [2.75, 3.05) is 31.6 Å². The van der Waals surface area contributed by atoms with Gasteiger partial charge in [-0.2, -0.15) is 4.67 Å². The SMILES string of the molecule is CC.COP(=O)(Oc1ccccc1)N1CCN(c2cc3c(c(C)c2F)c(=O)c(C(=O)O)cn3C2CC2)CC1C. The number of carboxylic acid groups (broad SMARTS) is 1. The standard InChI is InChI=1S/C26H29FN3O6P.C2H6/c1-16-14-28(11-12-30(16)37(34,35-3)36-19-7-5-4-6-8-19)22-13-21-23(17(2)24(22)27)25(31)20(26(32)33)15-29(21)18-9-10-18;1-2/h4-8,13,15-16,18H,9-12,14H2,1-3H3,(H,32,33);1-2H3. The normalized spacial score (nSPS) is 19.2. The van der Waals surface area contributed by atoms with Crippen LogP contribution in [0.15, 0.2) is 47.4 Å². The summed E-state index contributed by atoms with van der Waals surface area (Å²) < 4.78 is 43.9. The van der Waals surface area contributed by atoms with Crippen LogP contribution in [0.25, 0.3) is 10.9 Å². The number of piperazine rings is 1. The summed E-state index contributed by atoms with van der Waals surface area (Å²) in [6.45, 7) is 8.37. The van der Waals surface area contributed by atoms with Crippen LogP contribution in [0.4, 0.5) is 10.1 Å². The third kappa shape index (κ3) is 5.46. The minimum atomic E-state index is -3.65. The number of carboxylic acids is 1. The zero-order chi connectivity index (χ0) is 28.5. The molecule has 1 saturated heterocycles. The average Bonchev–Trinajstić information content (AvgIpc) is 3.77. The van der Waals surface area contributed by atoms with Gasteiger partial charge in [0, 0.05) is 50.6 Å². The number of aryl methyl sites for hydroxylation is 1. The van der Waals surface area contributed by atoms with Crippen molar-refractivity contribution >= 4 is 30.3 Å². The van der Waals surface area contributed by atoms with E-state index < -0.39 is 25.0 Å². The lowest BCUT2D eigenvalue weighted by Gasteiger charge is -2.42. The summed E-state index contributed by atoms with van der Waals surface area (Å²) in [5, 5.41) is 9.64. The maximum atomic E-state index is 15.7. The highest BCUT2D eigenvalue weighted by Crippen LogP contribution is 2.53. The molecule has 2 unspecified atom stereocenters. The Bertz CT molecular complexity index is 1470. The number of anilines is 1. The molecule has 0 spiro atoms. The fraction of sp³-hybridized carbons (Fsp3) is 0.429. The third-order valence-electron chi connectivity index (χ3n) is 7.09. The average molecular weight is 560 g/mol. The maximum absolute atomic E-state index is 15.7. The molecule has 2 atom stereocenters. The lowest BCUT2D eigenvalue weighted by atomic mass is 10.0. The molecule has 3 aromatic rings. The summed E-state index contributed by atoms with van der Waals surface area (Å²) in [6, 6.07) is 10.2. The number of hydrogen-bond acceptors (Lipinski definition) is 6. The van der Waals surface area contributed by atoms with Crippen LogP contribution in [-0.2, 0) is 9.09 Å². The van der Waals surface area contributed by atoms with E-state index in [1.165, 1.54) is 20.2 Å². The molecule has 0 bridgehead atoms.